The maximum atomic E-state index is 13.3. The highest BCUT2D eigenvalue weighted by molar-refractivity contribution is 7.89. The van der Waals surface area contributed by atoms with Crippen molar-refractivity contribution in [3.8, 4) is 5.75 Å². The van der Waals surface area contributed by atoms with E-state index in [4.69, 9.17) is 9.47 Å². The molecule has 0 aliphatic carbocycles. The molecule has 7 heteroatoms. The Bertz CT molecular complexity index is 1050. The lowest BCUT2D eigenvalue weighted by molar-refractivity contribution is -0.0345. The fraction of sp³-hybridized carbons (Fsp3) is 0.409. The predicted molar refractivity (Wildman–Crippen MR) is 108 cm³/mol. The van der Waals surface area contributed by atoms with E-state index in [2.05, 4.69) is 0 Å². The molecule has 2 aliphatic heterocycles. The Balaban J connectivity index is 1.63. The van der Waals surface area contributed by atoms with Crippen LogP contribution in [0.5, 0.6) is 5.75 Å². The van der Waals surface area contributed by atoms with Crippen LogP contribution < -0.4 is 4.74 Å². The topological polar surface area (TPSA) is 72.9 Å². The van der Waals surface area contributed by atoms with Crippen molar-refractivity contribution in [2.24, 2.45) is 0 Å². The summed E-state index contributed by atoms with van der Waals surface area (Å²) >= 11 is 0. The smallest absolute Gasteiger partial charge is 0.339 e. The van der Waals surface area contributed by atoms with Crippen LogP contribution in [0.3, 0.4) is 0 Å². The van der Waals surface area contributed by atoms with Crippen molar-refractivity contribution in [2.45, 2.75) is 43.6 Å². The van der Waals surface area contributed by atoms with Crippen molar-refractivity contribution < 1.29 is 22.7 Å². The van der Waals surface area contributed by atoms with Gasteiger partial charge < -0.3 is 9.47 Å². The molecule has 0 N–H and O–H groups in total. The molecule has 2 aliphatic rings. The van der Waals surface area contributed by atoms with Crippen LogP contribution in [0.4, 0.5) is 0 Å². The van der Waals surface area contributed by atoms with E-state index >= 15 is 0 Å². The fourth-order valence-corrected chi connectivity index (χ4v) is 5.76. The van der Waals surface area contributed by atoms with Crippen LogP contribution in [-0.4, -0.2) is 38.4 Å². The van der Waals surface area contributed by atoms with Gasteiger partial charge in [-0.25, -0.2) is 13.2 Å². The van der Waals surface area contributed by atoms with Gasteiger partial charge in [0.25, 0.3) is 0 Å². The quantitative estimate of drug-likeness (QED) is 0.697. The first-order valence-electron chi connectivity index (χ1n) is 9.94. The van der Waals surface area contributed by atoms with Gasteiger partial charge in [0.15, 0.2) is 5.60 Å². The van der Waals surface area contributed by atoms with Gasteiger partial charge in [-0.05, 0) is 56.0 Å². The van der Waals surface area contributed by atoms with Crippen LogP contribution in [0.15, 0.2) is 47.4 Å². The van der Waals surface area contributed by atoms with Gasteiger partial charge in [0.1, 0.15) is 5.75 Å². The van der Waals surface area contributed by atoms with Crippen LogP contribution in [0.1, 0.15) is 47.7 Å². The molecular weight excluding hydrogens is 390 g/mol. The molecule has 1 fully saturated rings. The standard InChI is InChI=1S/C22H25NO5S/c1-3-13-27-20-10-9-17(14-16(20)2)29(25,26)23-12-6-11-22(15-23)19-8-5-4-7-18(19)21(24)28-22/h4-5,7-10,14H,3,6,11-13,15H2,1-2H3. The average Bonchev–Trinajstić information content (AvgIpc) is 2.98. The van der Waals surface area contributed by atoms with Crippen molar-refractivity contribution in [2.75, 3.05) is 19.7 Å². The summed E-state index contributed by atoms with van der Waals surface area (Å²) in [5.41, 5.74) is 1.19. The third-order valence-electron chi connectivity index (χ3n) is 5.59. The van der Waals surface area contributed by atoms with Crippen LogP contribution in [0, 0.1) is 6.92 Å². The van der Waals surface area contributed by atoms with Crippen molar-refractivity contribution in [3.05, 3.63) is 59.2 Å². The second kappa shape index (κ2) is 7.46. The Morgan fingerprint density at radius 3 is 2.76 bits per heavy atom. The molecule has 29 heavy (non-hydrogen) atoms. The van der Waals surface area contributed by atoms with Gasteiger partial charge in [0.05, 0.1) is 23.6 Å². The van der Waals surface area contributed by atoms with E-state index in [0.29, 0.717) is 37.3 Å². The molecule has 0 radical (unpaired) electrons. The number of hydrogen-bond acceptors (Lipinski definition) is 5. The predicted octanol–water partition coefficient (Wildman–Crippen LogP) is 3.63. The lowest BCUT2D eigenvalue weighted by Crippen LogP contribution is -2.48. The highest BCUT2D eigenvalue weighted by Crippen LogP contribution is 2.43. The zero-order valence-corrected chi connectivity index (χ0v) is 17.5. The third-order valence-corrected chi connectivity index (χ3v) is 7.43. The summed E-state index contributed by atoms with van der Waals surface area (Å²) < 4.78 is 39.5. The Morgan fingerprint density at radius 2 is 2.00 bits per heavy atom. The number of rotatable bonds is 5. The molecule has 0 amide bonds. The molecule has 1 saturated heterocycles. The Kier molecular flexibility index (Phi) is 5.12. The lowest BCUT2D eigenvalue weighted by atomic mass is 9.86. The summed E-state index contributed by atoms with van der Waals surface area (Å²) in [6, 6.07) is 12.2. The molecule has 2 heterocycles. The molecule has 0 aromatic heterocycles. The first-order valence-corrected chi connectivity index (χ1v) is 11.4. The van der Waals surface area contributed by atoms with Crippen LogP contribution in [0.25, 0.3) is 0 Å². The fourth-order valence-electron chi connectivity index (χ4n) is 4.14. The summed E-state index contributed by atoms with van der Waals surface area (Å²) in [5, 5.41) is 0. The summed E-state index contributed by atoms with van der Waals surface area (Å²) in [4.78, 5) is 12.6. The largest absolute Gasteiger partial charge is 0.493 e. The van der Waals surface area contributed by atoms with Crippen molar-refractivity contribution in [3.63, 3.8) is 0 Å². The van der Waals surface area contributed by atoms with Crippen LogP contribution in [-0.2, 0) is 20.4 Å². The molecule has 2 aromatic rings. The van der Waals surface area contributed by atoms with E-state index < -0.39 is 15.6 Å². The van der Waals surface area contributed by atoms with Gasteiger partial charge >= 0.3 is 5.97 Å². The van der Waals surface area contributed by atoms with Crippen molar-refractivity contribution in [1.82, 2.24) is 4.31 Å². The summed E-state index contributed by atoms with van der Waals surface area (Å²) in [5.74, 6) is 0.313. The number of piperidine rings is 1. The monoisotopic (exact) mass is 415 g/mol. The number of carbonyl (C=O) groups is 1. The summed E-state index contributed by atoms with van der Waals surface area (Å²) in [7, 11) is -3.72. The molecule has 1 unspecified atom stereocenters. The van der Waals surface area contributed by atoms with Crippen molar-refractivity contribution >= 4 is 16.0 Å². The van der Waals surface area contributed by atoms with Gasteiger partial charge in [0, 0.05) is 12.1 Å². The molecule has 154 valence electrons. The Morgan fingerprint density at radius 1 is 1.21 bits per heavy atom. The second-order valence-corrected chi connectivity index (χ2v) is 9.59. The summed E-state index contributed by atoms with van der Waals surface area (Å²) in [6.07, 6.45) is 2.12. The van der Waals surface area contributed by atoms with Gasteiger partial charge in [-0.15, -0.1) is 0 Å². The number of aryl methyl sites for hydroxylation is 1. The van der Waals surface area contributed by atoms with Crippen molar-refractivity contribution in [1.29, 1.82) is 0 Å². The molecule has 2 aromatic carbocycles. The number of carbonyl (C=O) groups excluding carboxylic acids is 1. The normalized spacial score (nSPS) is 21.8. The number of ether oxygens (including phenoxy) is 2. The van der Waals surface area contributed by atoms with E-state index in [9.17, 15) is 13.2 Å². The molecule has 0 saturated carbocycles. The Hall–Kier alpha value is -2.38. The van der Waals surface area contributed by atoms with Gasteiger partial charge in [-0.3, -0.25) is 0 Å². The van der Waals surface area contributed by atoms with E-state index in [1.807, 2.05) is 26.0 Å². The lowest BCUT2D eigenvalue weighted by Gasteiger charge is -2.38. The molecule has 4 rings (SSSR count). The van der Waals surface area contributed by atoms with Gasteiger partial charge in [-0.2, -0.15) is 4.31 Å². The number of sulfonamides is 1. The SMILES string of the molecule is CCCOc1ccc(S(=O)(=O)N2CCCC3(C2)OC(=O)c2ccccc23)cc1C. The molecule has 0 bridgehead atoms. The van der Waals surface area contributed by atoms with E-state index in [-0.39, 0.29) is 17.4 Å². The zero-order valence-electron chi connectivity index (χ0n) is 16.7. The maximum Gasteiger partial charge on any atom is 0.339 e. The highest BCUT2D eigenvalue weighted by Gasteiger charge is 2.50. The first-order chi connectivity index (χ1) is 13.9. The average molecular weight is 416 g/mol. The highest BCUT2D eigenvalue weighted by atomic mass is 32.2. The van der Waals surface area contributed by atoms with E-state index in [1.165, 1.54) is 4.31 Å². The minimum Gasteiger partial charge on any atom is -0.493 e. The van der Waals surface area contributed by atoms with Crippen LogP contribution >= 0.6 is 0 Å². The minimum absolute atomic E-state index is 0.130. The molecule has 6 nitrogen and oxygen atoms in total. The maximum absolute atomic E-state index is 13.3. The van der Waals surface area contributed by atoms with E-state index in [0.717, 1.165) is 17.5 Å². The Labute approximate surface area is 171 Å². The summed E-state index contributed by atoms with van der Waals surface area (Å²) in [6.45, 7) is 4.99. The molecule has 1 atom stereocenters. The number of fused-ring (bicyclic) bond motifs is 2. The van der Waals surface area contributed by atoms with E-state index in [1.54, 1.807) is 30.3 Å². The molecule has 1 spiro atoms. The number of esters is 1. The third kappa shape index (κ3) is 3.42. The number of hydrogen-bond donors (Lipinski definition) is 0. The first kappa shape index (κ1) is 19.9. The molecular formula is C22H25NO5S. The zero-order chi connectivity index (χ0) is 20.6. The number of nitrogens with zero attached hydrogens (tertiary/aromatic N) is 1. The van der Waals surface area contributed by atoms with Gasteiger partial charge in [-0.1, -0.05) is 25.1 Å². The number of benzene rings is 2. The minimum atomic E-state index is -3.72. The second-order valence-electron chi connectivity index (χ2n) is 7.65. The van der Waals surface area contributed by atoms with Gasteiger partial charge in [0.2, 0.25) is 10.0 Å². The van der Waals surface area contributed by atoms with Crippen LogP contribution in [0.2, 0.25) is 0 Å².